The number of carbonyl (C=O) groups is 1. The van der Waals surface area contributed by atoms with Gasteiger partial charge in [-0.25, -0.2) is 9.79 Å². The second kappa shape index (κ2) is 7.60. The number of nitro benzene ring substituents is 1. The Morgan fingerprint density at radius 3 is 2.46 bits per heavy atom. The van der Waals surface area contributed by atoms with Crippen molar-refractivity contribution in [3.8, 4) is 0 Å². The van der Waals surface area contributed by atoms with Crippen molar-refractivity contribution in [2.45, 2.75) is 26.2 Å². The van der Waals surface area contributed by atoms with Gasteiger partial charge in [0.25, 0.3) is 5.69 Å². The summed E-state index contributed by atoms with van der Waals surface area (Å²) >= 11 is 0. The third kappa shape index (κ3) is 4.40. The number of esters is 1. The summed E-state index contributed by atoms with van der Waals surface area (Å²) in [5, 5.41) is 10.8. The number of nitrogens with zero attached hydrogens (tertiary/aromatic N) is 2. The number of cyclic esters (lactones) is 1. The van der Waals surface area contributed by atoms with E-state index in [0.29, 0.717) is 5.56 Å². The van der Waals surface area contributed by atoms with Gasteiger partial charge in [-0.15, -0.1) is 0 Å². The molecule has 6 heteroatoms. The highest BCUT2D eigenvalue weighted by Gasteiger charge is 2.24. The van der Waals surface area contributed by atoms with E-state index in [1.807, 2.05) is 24.3 Å². The molecule has 0 saturated carbocycles. The molecule has 3 rings (SSSR count). The van der Waals surface area contributed by atoms with Crippen LogP contribution in [0.3, 0.4) is 0 Å². The average molecular weight is 376 g/mol. The maximum Gasteiger partial charge on any atom is 0.363 e. The Hall–Kier alpha value is -3.54. The first-order chi connectivity index (χ1) is 13.2. The summed E-state index contributed by atoms with van der Waals surface area (Å²) in [6.07, 6.45) is 4.81. The van der Waals surface area contributed by atoms with Gasteiger partial charge >= 0.3 is 5.97 Å². The Morgan fingerprint density at radius 2 is 1.82 bits per heavy atom. The van der Waals surface area contributed by atoms with Crippen LogP contribution in [0.15, 0.2) is 71.4 Å². The highest BCUT2D eigenvalue weighted by molar-refractivity contribution is 6.11. The molecule has 0 bridgehead atoms. The van der Waals surface area contributed by atoms with Gasteiger partial charge in [0.2, 0.25) is 5.90 Å². The van der Waals surface area contributed by atoms with Gasteiger partial charge in [-0.3, -0.25) is 10.1 Å². The Bertz CT molecular complexity index is 1010. The van der Waals surface area contributed by atoms with Crippen LogP contribution in [0.5, 0.6) is 0 Å². The lowest BCUT2D eigenvalue weighted by atomic mass is 9.87. The van der Waals surface area contributed by atoms with E-state index in [4.69, 9.17) is 4.74 Å². The molecule has 1 heterocycles. The summed E-state index contributed by atoms with van der Waals surface area (Å²) in [6, 6.07) is 14.0. The number of aliphatic imine (C=N–C) groups is 1. The van der Waals surface area contributed by atoms with Gasteiger partial charge in [0.1, 0.15) is 0 Å². The summed E-state index contributed by atoms with van der Waals surface area (Å²) < 4.78 is 5.26. The van der Waals surface area contributed by atoms with Crippen LogP contribution >= 0.6 is 0 Å². The van der Waals surface area contributed by atoms with Crippen LogP contribution in [0.25, 0.3) is 6.08 Å². The zero-order chi connectivity index (χ0) is 20.3. The fourth-order valence-electron chi connectivity index (χ4n) is 2.65. The topological polar surface area (TPSA) is 81.8 Å². The molecule has 0 spiro atoms. The normalized spacial score (nSPS) is 15.8. The highest BCUT2D eigenvalue weighted by Crippen LogP contribution is 2.24. The van der Waals surface area contributed by atoms with Crippen molar-refractivity contribution in [1.29, 1.82) is 0 Å². The highest BCUT2D eigenvalue weighted by atomic mass is 16.6. The number of ether oxygens (including phenoxy) is 1. The Labute approximate surface area is 163 Å². The molecule has 0 radical (unpaired) electrons. The quantitative estimate of drug-likeness (QED) is 0.332. The van der Waals surface area contributed by atoms with Crippen LogP contribution in [0.4, 0.5) is 5.69 Å². The molecule has 0 aromatic heterocycles. The van der Waals surface area contributed by atoms with Gasteiger partial charge in [0.15, 0.2) is 5.70 Å². The standard InChI is InChI=1S/C22H20N2O4/c1-22(2,3)17-12-10-16(11-13-17)20-23-19(21(25)28-20)9-5-7-15-6-4-8-18(14-15)24(26)27/h4-14H,1-3H3/b7-5-,19-9+. The van der Waals surface area contributed by atoms with E-state index in [2.05, 4.69) is 25.8 Å². The molecule has 0 fully saturated rings. The summed E-state index contributed by atoms with van der Waals surface area (Å²) in [4.78, 5) is 26.7. The molecule has 1 aliphatic heterocycles. The van der Waals surface area contributed by atoms with Gasteiger partial charge in [0.05, 0.1) is 4.92 Å². The summed E-state index contributed by atoms with van der Waals surface area (Å²) in [6.45, 7) is 6.39. The third-order valence-electron chi connectivity index (χ3n) is 4.24. The molecule has 6 nitrogen and oxygen atoms in total. The largest absolute Gasteiger partial charge is 0.402 e. The van der Waals surface area contributed by atoms with Crippen LogP contribution in [0.1, 0.15) is 37.5 Å². The van der Waals surface area contributed by atoms with Crippen molar-refractivity contribution in [2.24, 2.45) is 4.99 Å². The van der Waals surface area contributed by atoms with Crippen molar-refractivity contribution in [3.05, 3.63) is 93.2 Å². The number of allylic oxidation sites excluding steroid dienone is 2. The smallest absolute Gasteiger partial charge is 0.363 e. The molecule has 28 heavy (non-hydrogen) atoms. The van der Waals surface area contributed by atoms with Crippen molar-refractivity contribution < 1.29 is 14.5 Å². The second-order valence-corrected chi connectivity index (χ2v) is 7.40. The van der Waals surface area contributed by atoms with E-state index in [9.17, 15) is 14.9 Å². The minimum atomic E-state index is -0.529. The first-order valence-corrected chi connectivity index (χ1v) is 8.79. The van der Waals surface area contributed by atoms with Gasteiger partial charge < -0.3 is 4.74 Å². The lowest BCUT2D eigenvalue weighted by Gasteiger charge is -2.18. The molecular formula is C22H20N2O4. The second-order valence-electron chi connectivity index (χ2n) is 7.40. The molecule has 0 N–H and O–H groups in total. The summed E-state index contributed by atoms with van der Waals surface area (Å²) in [7, 11) is 0. The van der Waals surface area contributed by atoms with Crippen molar-refractivity contribution >= 4 is 23.6 Å². The minimum Gasteiger partial charge on any atom is -0.402 e. The zero-order valence-corrected chi connectivity index (χ0v) is 15.9. The van der Waals surface area contributed by atoms with Crippen molar-refractivity contribution in [2.75, 3.05) is 0 Å². The van der Waals surface area contributed by atoms with E-state index in [0.717, 1.165) is 5.56 Å². The molecule has 0 unspecified atom stereocenters. The number of hydrogen-bond acceptors (Lipinski definition) is 5. The average Bonchev–Trinajstić information content (AvgIpc) is 3.02. The summed E-state index contributed by atoms with van der Waals surface area (Å²) in [5.41, 5.74) is 2.78. The number of rotatable bonds is 4. The fourth-order valence-corrected chi connectivity index (χ4v) is 2.65. The molecule has 0 saturated heterocycles. The number of non-ortho nitro benzene ring substituents is 1. The van der Waals surface area contributed by atoms with Gasteiger partial charge in [-0.05, 0) is 34.8 Å². The molecule has 0 atom stereocenters. The van der Waals surface area contributed by atoms with Crippen LogP contribution in [0.2, 0.25) is 0 Å². The summed E-state index contributed by atoms with van der Waals surface area (Å²) in [5.74, 6) is -0.265. The number of benzene rings is 2. The maximum absolute atomic E-state index is 12.0. The van der Waals surface area contributed by atoms with E-state index >= 15 is 0 Å². The van der Waals surface area contributed by atoms with Crippen molar-refractivity contribution in [1.82, 2.24) is 0 Å². The Morgan fingerprint density at radius 1 is 1.11 bits per heavy atom. The fraction of sp³-hybridized carbons (Fsp3) is 0.182. The number of hydrogen-bond donors (Lipinski definition) is 0. The molecule has 1 aliphatic rings. The lowest BCUT2D eigenvalue weighted by Crippen LogP contribution is -2.11. The van der Waals surface area contributed by atoms with Gasteiger partial charge in [-0.2, -0.15) is 0 Å². The zero-order valence-electron chi connectivity index (χ0n) is 15.9. The maximum atomic E-state index is 12.0. The van der Waals surface area contributed by atoms with E-state index in [-0.39, 0.29) is 22.7 Å². The predicted molar refractivity (Wildman–Crippen MR) is 108 cm³/mol. The van der Waals surface area contributed by atoms with Crippen LogP contribution < -0.4 is 0 Å². The van der Waals surface area contributed by atoms with E-state index < -0.39 is 10.9 Å². The molecule has 2 aromatic carbocycles. The molecular weight excluding hydrogens is 356 g/mol. The van der Waals surface area contributed by atoms with E-state index in [1.165, 1.54) is 23.8 Å². The van der Waals surface area contributed by atoms with Gasteiger partial charge in [-0.1, -0.05) is 57.2 Å². The SMILES string of the molecule is CC(C)(C)c1ccc(C2=N/C(=C/C=C\c3cccc([N+](=O)[O-])c3)C(=O)O2)cc1. The van der Waals surface area contributed by atoms with Crippen LogP contribution in [0, 0.1) is 10.1 Å². The van der Waals surface area contributed by atoms with E-state index in [1.54, 1.807) is 24.3 Å². The molecule has 0 amide bonds. The van der Waals surface area contributed by atoms with Crippen molar-refractivity contribution in [3.63, 3.8) is 0 Å². The minimum absolute atomic E-state index is 0.00842. The lowest BCUT2D eigenvalue weighted by molar-refractivity contribution is -0.384. The first-order valence-electron chi connectivity index (χ1n) is 8.79. The van der Waals surface area contributed by atoms with Crippen LogP contribution in [-0.2, 0) is 14.9 Å². The molecule has 2 aromatic rings. The Kier molecular flexibility index (Phi) is 5.22. The monoisotopic (exact) mass is 376 g/mol. The number of nitro groups is 1. The molecule has 0 aliphatic carbocycles. The van der Waals surface area contributed by atoms with Gasteiger partial charge in [0, 0.05) is 17.7 Å². The van der Waals surface area contributed by atoms with Crippen LogP contribution in [-0.4, -0.2) is 16.8 Å². The first kappa shape index (κ1) is 19.2. The number of carbonyl (C=O) groups excluding carboxylic acids is 1. The Balaban J connectivity index is 1.78. The molecule has 142 valence electrons. The predicted octanol–water partition coefficient (Wildman–Crippen LogP) is 4.79. The third-order valence-corrected chi connectivity index (χ3v) is 4.24.